The van der Waals surface area contributed by atoms with Crippen molar-refractivity contribution in [3.63, 3.8) is 0 Å². The topological polar surface area (TPSA) is 35.5 Å². The molecule has 0 aromatic rings. The smallest absolute Gasteiger partial charge is 0.302 e. The molecule has 3 rings (SSSR count). The number of esters is 1. The number of methoxy groups -OCH3 is 1. The molecule has 3 aliphatic carbocycles. The monoisotopic (exact) mass is 364 g/mol. The lowest BCUT2D eigenvalue weighted by Crippen LogP contribution is -2.62. The number of carbonyl (C=O) groups excluding carboxylic acids is 1. The van der Waals surface area contributed by atoms with Crippen LogP contribution in [-0.2, 0) is 14.3 Å². The summed E-state index contributed by atoms with van der Waals surface area (Å²) in [6.07, 6.45) is 7.96. The maximum absolute atomic E-state index is 11.5. The molecule has 150 valence electrons. The molecule has 0 spiro atoms. The zero-order valence-corrected chi connectivity index (χ0v) is 18.1. The van der Waals surface area contributed by atoms with Gasteiger partial charge < -0.3 is 9.47 Å². The van der Waals surface area contributed by atoms with E-state index in [4.69, 9.17) is 9.47 Å². The summed E-state index contributed by atoms with van der Waals surface area (Å²) in [4.78, 5) is 11.5. The van der Waals surface area contributed by atoms with Crippen molar-refractivity contribution in [2.24, 2.45) is 39.9 Å². The van der Waals surface area contributed by atoms with E-state index in [2.05, 4.69) is 34.6 Å². The predicted molar refractivity (Wildman–Crippen MR) is 105 cm³/mol. The Morgan fingerprint density at radius 3 is 2.23 bits per heavy atom. The number of fused-ring (bicyclic) bond motifs is 3. The lowest BCUT2D eigenvalue weighted by Gasteiger charge is -2.67. The van der Waals surface area contributed by atoms with Crippen LogP contribution in [0.25, 0.3) is 0 Å². The minimum absolute atomic E-state index is 0.135. The highest BCUT2D eigenvalue weighted by atomic mass is 16.5. The van der Waals surface area contributed by atoms with Crippen LogP contribution in [0.5, 0.6) is 0 Å². The van der Waals surface area contributed by atoms with Gasteiger partial charge in [0.1, 0.15) is 0 Å². The van der Waals surface area contributed by atoms with Crippen LogP contribution in [0.2, 0.25) is 0 Å². The van der Waals surface area contributed by atoms with Gasteiger partial charge in [0.15, 0.2) is 0 Å². The number of hydrogen-bond donors (Lipinski definition) is 0. The van der Waals surface area contributed by atoms with Crippen molar-refractivity contribution >= 4 is 5.97 Å². The second-order valence-electron chi connectivity index (χ2n) is 10.7. The van der Waals surface area contributed by atoms with Gasteiger partial charge in [0.2, 0.25) is 0 Å². The van der Waals surface area contributed by atoms with Crippen molar-refractivity contribution in [2.45, 2.75) is 86.2 Å². The molecule has 0 N–H and O–H groups in total. The Kier molecular flexibility index (Phi) is 5.27. The molecule has 26 heavy (non-hydrogen) atoms. The van der Waals surface area contributed by atoms with Gasteiger partial charge in [0, 0.05) is 20.0 Å². The molecule has 0 amide bonds. The molecule has 7 atom stereocenters. The fourth-order valence-corrected chi connectivity index (χ4v) is 7.93. The zero-order valence-electron chi connectivity index (χ0n) is 18.1. The fraction of sp³-hybridized carbons (Fsp3) is 0.957. The first-order valence-corrected chi connectivity index (χ1v) is 10.7. The van der Waals surface area contributed by atoms with Crippen LogP contribution in [0.1, 0.15) is 80.1 Å². The average Bonchev–Trinajstić information content (AvgIpc) is 2.53. The largest absolute Gasteiger partial charge is 0.466 e. The van der Waals surface area contributed by atoms with Gasteiger partial charge in [0.25, 0.3) is 0 Å². The van der Waals surface area contributed by atoms with E-state index in [-0.39, 0.29) is 16.8 Å². The average molecular weight is 365 g/mol. The van der Waals surface area contributed by atoms with Crippen molar-refractivity contribution in [3.8, 4) is 0 Å². The van der Waals surface area contributed by atoms with Gasteiger partial charge in [-0.15, -0.1) is 0 Å². The van der Waals surface area contributed by atoms with Crippen LogP contribution in [-0.4, -0.2) is 25.8 Å². The SMILES string of the molecule is CO[C@H]1CC[C@]2(C)[C@H]3CC[C@@H](C)[C@@H](COC(C)=O)[C@]3(C)CC[C@H]2C1(C)C. The molecule has 3 heteroatoms. The van der Waals surface area contributed by atoms with Crippen molar-refractivity contribution < 1.29 is 14.3 Å². The fourth-order valence-electron chi connectivity index (χ4n) is 7.93. The van der Waals surface area contributed by atoms with E-state index in [9.17, 15) is 4.79 Å². The summed E-state index contributed by atoms with van der Waals surface area (Å²) in [6.45, 7) is 14.5. The van der Waals surface area contributed by atoms with Crippen molar-refractivity contribution in [2.75, 3.05) is 13.7 Å². The molecule has 0 aromatic carbocycles. The van der Waals surface area contributed by atoms with Crippen LogP contribution in [0.15, 0.2) is 0 Å². The van der Waals surface area contributed by atoms with Gasteiger partial charge in [-0.1, -0.05) is 34.6 Å². The van der Waals surface area contributed by atoms with Crippen molar-refractivity contribution in [3.05, 3.63) is 0 Å². The molecule has 0 saturated heterocycles. The van der Waals surface area contributed by atoms with Crippen LogP contribution in [0.3, 0.4) is 0 Å². The zero-order chi connectivity index (χ0) is 19.3. The van der Waals surface area contributed by atoms with Crippen molar-refractivity contribution in [1.82, 2.24) is 0 Å². The summed E-state index contributed by atoms with van der Waals surface area (Å²) in [5.41, 5.74) is 0.895. The Balaban J connectivity index is 1.92. The van der Waals surface area contributed by atoms with Crippen LogP contribution >= 0.6 is 0 Å². The highest BCUT2D eigenvalue weighted by molar-refractivity contribution is 5.65. The summed E-state index contributed by atoms with van der Waals surface area (Å²) in [5, 5.41) is 0. The predicted octanol–water partition coefficient (Wildman–Crippen LogP) is 5.47. The molecule has 0 heterocycles. The third-order valence-corrected chi connectivity index (χ3v) is 9.23. The van der Waals surface area contributed by atoms with Gasteiger partial charge in [-0.2, -0.15) is 0 Å². The quantitative estimate of drug-likeness (QED) is 0.623. The molecule has 3 saturated carbocycles. The Morgan fingerprint density at radius 1 is 0.962 bits per heavy atom. The summed E-state index contributed by atoms with van der Waals surface area (Å²) >= 11 is 0. The third-order valence-electron chi connectivity index (χ3n) is 9.23. The molecule has 0 aromatic heterocycles. The van der Waals surface area contributed by atoms with E-state index >= 15 is 0 Å². The Hall–Kier alpha value is -0.570. The van der Waals surface area contributed by atoms with E-state index in [1.54, 1.807) is 6.92 Å². The lowest BCUT2D eigenvalue weighted by atomic mass is 9.38. The standard InChI is InChI=1S/C23H40O3/c1-15-8-9-19-22(5,17(15)14-26-16(2)24)12-10-18-21(3,4)20(25-7)11-13-23(18,19)6/h15,17-20H,8-14H2,1-7H3/t15-,17-,18+,19+,20+,22+,23+/m1/s1. The molecular formula is C23H40O3. The van der Waals surface area contributed by atoms with E-state index in [0.717, 1.165) is 11.8 Å². The first-order valence-electron chi connectivity index (χ1n) is 10.7. The van der Waals surface area contributed by atoms with Crippen molar-refractivity contribution in [1.29, 1.82) is 0 Å². The van der Waals surface area contributed by atoms with E-state index < -0.39 is 0 Å². The molecule has 3 fully saturated rings. The molecule has 3 aliphatic rings. The maximum atomic E-state index is 11.5. The van der Waals surface area contributed by atoms with Gasteiger partial charge in [-0.05, 0) is 72.5 Å². The number of carbonyl (C=O) groups is 1. The van der Waals surface area contributed by atoms with Gasteiger partial charge in [-0.3, -0.25) is 4.79 Å². The normalized spacial score (nSPS) is 47.6. The maximum Gasteiger partial charge on any atom is 0.302 e. The van der Waals surface area contributed by atoms with E-state index in [0.29, 0.717) is 30.0 Å². The Labute approximate surface area is 160 Å². The third kappa shape index (κ3) is 2.93. The van der Waals surface area contributed by atoms with Gasteiger partial charge >= 0.3 is 5.97 Å². The molecule has 0 bridgehead atoms. The number of rotatable bonds is 3. The highest BCUT2D eigenvalue weighted by Gasteiger charge is 2.63. The first kappa shape index (κ1) is 20.2. The van der Waals surface area contributed by atoms with Crippen LogP contribution in [0.4, 0.5) is 0 Å². The second-order valence-corrected chi connectivity index (χ2v) is 10.7. The van der Waals surface area contributed by atoms with Crippen LogP contribution in [0, 0.1) is 39.9 Å². The molecule has 0 radical (unpaired) electrons. The molecular weight excluding hydrogens is 324 g/mol. The highest BCUT2D eigenvalue weighted by Crippen LogP contribution is 2.69. The minimum atomic E-state index is -0.135. The van der Waals surface area contributed by atoms with Crippen LogP contribution < -0.4 is 0 Å². The Bertz CT molecular complexity index is 542. The lowest BCUT2D eigenvalue weighted by molar-refractivity contribution is -0.209. The summed E-state index contributed by atoms with van der Waals surface area (Å²) in [6, 6.07) is 0. The van der Waals surface area contributed by atoms with Gasteiger partial charge in [0.05, 0.1) is 12.7 Å². The molecule has 0 unspecified atom stereocenters. The van der Waals surface area contributed by atoms with E-state index in [1.807, 2.05) is 7.11 Å². The number of hydrogen-bond acceptors (Lipinski definition) is 3. The minimum Gasteiger partial charge on any atom is -0.466 e. The summed E-state index contributed by atoms with van der Waals surface area (Å²) < 4.78 is 11.5. The summed E-state index contributed by atoms with van der Waals surface area (Å²) in [7, 11) is 1.89. The molecule has 3 nitrogen and oxygen atoms in total. The van der Waals surface area contributed by atoms with E-state index in [1.165, 1.54) is 38.5 Å². The Morgan fingerprint density at radius 2 is 1.62 bits per heavy atom. The molecule has 0 aliphatic heterocycles. The number of ether oxygens (including phenoxy) is 2. The first-order chi connectivity index (χ1) is 12.1. The second kappa shape index (κ2) is 6.79. The summed E-state index contributed by atoms with van der Waals surface area (Å²) in [5.74, 6) is 2.44. The van der Waals surface area contributed by atoms with Gasteiger partial charge in [-0.25, -0.2) is 0 Å².